The van der Waals surface area contributed by atoms with Crippen LogP contribution in [0.4, 0.5) is 0 Å². The van der Waals surface area contributed by atoms with Gasteiger partial charge in [0.25, 0.3) is 0 Å². The number of benzene rings is 1. The molecular formula is C13H19NO5. The number of esters is 1. The van der Waals surface area contributed by atoms with Crippen LogP contribution in [0, 0.1) is 0 Å². The van der Waals surface area contributed by atoms with Gasteiger partial charge in [-0.3, -0.25) is 0 Å². The van der Waals surface area contributed by atoms with Crippen molar-refractivity contribution in [3.8, 4) is 5.75 Å². The first-order valence-electron chi connectivity index (χ1n) is 5.93. The van der Waals surface area contributed by atoms with Gasteiger partial charge >= 0.3 is 5.97 Å². The Morgan fingerprint density at radius 1 is 1.42 bits per heavy atom. The SMILES string of the molecule is CNCCC(O)C(O)c1ccc(C(=O)OC)c(O)c1. The molecule has 106 valence electrons. The van der Waals surface area contributed by atoms with Gasteiger partial charge in [-0.1, -0.05) is 6.07 Å². The summed E-state index contributed by atoms with van der Waals surface area (Å²) in [6, 6.07) is 4.07. The molecule has 0 aromatic heterocycles. The van der Waals surface area contributed by atoms with Crippen LogP contribution in [0.5, 0.6) is 5.75 Å². The number of phenols is 1. The third kappa shape index (κ3) is 3.92. The number of ether oxygens (including phenoxy) is 1. The van der Waals surface area contributed by atoms with Gasteiger partial charge < -0.3 is 25.4 Å². The molecule has 0 radical (unpaired) electrons. The number of hydrogen-bond donors (Lipinski definition) is 4. The molecule has 0 fully saturated rings. The highest BCUT2D eigenvalue weighted by Gasteiger charge is 2.20. The molecule has 0 heterocycles. The second-order valence-corrected chi connectivity index (χ2v) is 4.17. The lowest BCUT2D eigenvalue weighted by Crippen LogP contribution is -2.23. The molecule has 0 aliphatic heterocycles. The Labute approximate surface area is 111 Å². The zero-order valence-corrected chi connectivity index (χ0v) is 11.0. The van der Waals surface area contributed by atoms with Crippen LogP contribution < -0.4 is 5.32 Å². The molecule has 1 aromatic rings. The molecule has 2 atom stereocenters. The topological polar surface area (TPSA) is 99.0 Å². The van der Waals surface area contributed by atoms with Crippen molar-refractivity contribution in [2.75, 3.05) is 20.7 Å². The van der Waals surface area contributed by atoms with E-state index in [0.29, 0.717) is 18.5 Å². The highest BCUT2D eigenvalue weighted by molar-refractivity contribution is 5.92. The Hall–Kier alpha value is -1.63. The first-order chi connectivity index (χ1) is 9.01. The van der Waals surface area contributed by atoms with Gasteiger partial charge in [-0.15, -0.1) is 0 Å². The highest BCUT2D eigenvalue weighted by atomic mass is 16.5. The van der Waals surface area contributed by atoms with Gasteiger partial charge in [0.1, 0.15) is 17.4 Å². The monoisotopic (exact) mass is 269 g/mol. The number of aromatic hydroxyl groups is 1. The van der Waals surface area contributed by atoms with Crippen molar-refractivity contribution in [1.82, 2.24) is 5.32 Å². The van der Waals surface area contributed by atoms with Crippen molar-refractivity contribution in [3.05, 3.63) is 29.3 Å². The zero-order chi connectivity index (χ0) is 14.4. The number of nitrogens with one attached hydrogen (secondary N) is 1. The molecule has 2 unspecified atom stereocenters. The van der Waals surface area contributed by atoms with Gasteiger partial charge in [0.15, 0.2) is 0 Å². The summed E-state index contributed by atoms with van der Waals surface area (Å²) in [5.74, 6) is -0.946. The number of phenolic OH excluding ortho intramolecular Hbond substituents is 1. The normalized spacial score (nSPS) is 13.9. The zero-order valence-electron chi connectivity index (χ0n) is 11.0. The largest absolute Gasteiger partial charge is 0.507 e. The second kappa shape index (κ2) is 7.08. The highest BCUT2D eigenvalue weighted by Crippen LogP contribution is 2.26. The summed E-state index contributed by atoms with van der Waals surface area (Å²) in [7, 11) is 2.96. The molecule has 6 heteroatoms. The van der Waals surface area contributed by atoms with E-state index in [2.05, 4.69) is 10.1 Å². The fourth-order valence-electron chi connectivity index (χ4n) is 1.69. The average molecular weight is 269 g/mol. The second-order valence-electron chi connectivity index (χ2n) is 4.17. The Morgan fingerprint density at radius 3 is 2.63 bits per heavy atom. The van der Waals surface area contributed by atoms with Gasteiger partial charge in [0.2, 0.25) is 0 Å². The summed E-state index contributed by atoms with van der Waals surface area (Å²) < 4.78 is 4.50. The first kappa shape index (κ1) is 15.4. The van der Waals surface area contributed by atoms with Crippen LogP contribution in [0.2, 0.25) is 0 Å². The van der Waals surface area contributed by atoms with Crippen LogP contribution in [0.25, 0.3) is 0 Å². The van der Waals surface area contributed by atoms with Crippen molar-refractivity contribution >= 4 is 5.97 Å². The number of hydrogen-bond acceptors (Lipinski definition) is 6. The van der Waals surface area contributed by atoms with E-state index in [-0.39, 0.29) is 11.3 Å². The van der Waals surface area contributed by atoms with E-state index in [1.165, 1.54) is 25.3 Å². The smallest absolute Gasteiger partial charge is 0.341 e. The Kier molecular flexibility index (Phi) is 5.75. The van der Waals surface area contributed by atoms with Gasteiger partial charge in [0.05, 0.1) is 13.2 Å². The van der Waals surface area contributed by atoms with Crippen LogP contribution in [-0.4, -0.2) is 48.1 Å². The molecule has 4 N–H and O–H groups in total. The van der Waals surface area contributed by atoms with Crippen LogP contribution in [0.3, 0.4) is 0 Å². The lowest BCUT2D eigenvalue weighted by Gasteiger charge is -2.18. The summed E-state index contributed by atoms with van der Waals surface area (Å²) >= 11 is 0. The van der Waals surface area contributed by atoms with Crippen LogP contribution >= 0.6 is 0 Å². The maximum Gasteiger partial charge on any atom is 0.341 e. The first-order valence-corrected chi connectivity index (χ1v) is 5.93. The summed E-state index contributed by atoms with van der Waals surface area (Å²) in [4.78, 5) is 11.3. The summed E-state index contributed by atoms with van der Waals surface area (Å²) in [5.41, 5.74) is 0.358. The van der Waals surface area contributed by atoms with Crippen molar-refractivity contribution in [2.24, 2.45) is 0 Å². The van der Waals surface area contributed by atoms with E-state index in [1.807, 2.05) is 0 Å². The van der Waals surface area contributed by atoms with Crippen molar-refractivity contribution < 1.29 is 24.9 Å². The van der Waals surface area contributed by atoms with E-state index in [0.717, 1.165) is 0 Å². The molecule has 0 saturated heterocycles. The van der Waals surface area contributed by atoms with Gasteiger partial charge in [0, 0.05) is 0 Å². The Morgan fingerprint density at radius 2 is 2.11 bits per heavy atom. The minimum absolute atomic E-state index is 0.0168. The van der Waals surface area contributed by atoms with Crippen LogP contribution in [0.15, 0.2) is 18.2 Å². The predicted molar refractivity (Wildman–Crippen MR) is 69.0 cm³/mol. The maximum atomic E-state index is 11.3. The maximum absolute atomic E-state index is 11.3. The molecule has 0 bridgehead atoms. The van der Waals surface area contributed by atoms with Gasteiger partial charge in [-0.2, -0.15) is 0 Å². The summed E-state index contributed by atoms with van der Waals surface area (Å²) in [6.45, 7) is 0.560. The fourth-order valence-corrected chi connectivity index (χ4v) is 1.69. The van der Waals surface area contributed by atoms with E-state index >= 15 is 0 Å². The van der Waals surface area contributed by atoms with Crippen molar-refractivity contribution in [3.63, 3.8) is 0 Å². The van der Waals surface area contributed by atoms with Gasteiger partial charge in [-0.25, -0.2) is 4.79 Å². The third-order valence-corrected chi connectivity index (χ3v) is 2.82. The molecule has 1 rings (SSSR count). The minimum atomic E-state index is -1.12. The van der Waals surface area contributed by atoms with E-state index in [1.54, 1.807) is 7.05 Å². The molecule has 0 spiro atoms. The quantitative estimate of drug-likeness (QED) is 0.550. The predicted octanol–water partition coefficient (Wildman–Crippen LogP) is 0.183. The van der Waals surface area contributed by atoms with Crippen molar-refractivity contribution in [1.29, 1.82) is 0 Å². The van der Waals surface area contributed by atoms with E-state index in [4.69, 9.17) is 0 Å². The summed E-state index contributed by atoms with van der Waals surface area (Å²) in [6.07, 6.45) is -1.70. The fraction of sp³-hybridized carbons (Fsp3) is 0.462. The Bertz CT molecular complexity index is 435. The third-order valence-electron chi connectivity index (χ3n) is 2.82. The number of methoxy groups -OCH3 is 1. The van der Waals surface area contributed by atoms with E-state index in [9.17, 15) is 20.1 Å². The molecule has 1 aromatic carbocycles. The molecule has 0 saturated carbocycles. The minimum Gasteiger partial charge on any atom is -0.507 e. The number of rotatable bonds is 6. The van der Waals surface area contributed by atoms with E-state index < -0.39 is 18.2 Å². The molecule has 0 amide bonds. The molecule has 0 aliphatic carbocycles. The molecule has 0 aliphatic rings. The average Bonchev–Trinajstić information content (AvgIpc) is 2.42. The summed E-state index contributed by atoms with van der Waals surface area (Å²) in [5, 5.41) is 32.2. The molecule has 19 heavy (non-hydrogen) atoms. The van der Waals surface area contributed by atoms with Crippen molar-refractivity contribution in [2.45, 2.75) is 18.6 Å². The van der Waals surface area contributed by atoms with Crippen LogP contribution in [0.1, 0.15) is 28.4 Å². The molecular weight excluding hydrogens is 250 g/mol. The van der Waals surface area contributed by atoms with Gasteiger partial charge in [-0.05, 0) is 37.7 Å². The van der Waals surface area contributed by atoms with Crippen LogP contribution in [-0.2, 0) is 4.74 Å². The lowest BCUT2D eigenvalue weighted by atomic mass is 10.00. The number of aliphatic hydroxyl groups is 2. The number of carbonyl (C=O) groups is 1. The standard InChI is InChI=1S/C13H19NO5/c1-14-6-5-10(15)12(17)8-3-4-9(11(16)7-8)13(18)19-2/h3-4,7,10,12,14-17H,5-6H2,1-2H3. The molecule has 6 nitrogen and oxygen atoms in total. The lowest BCUT2D eigenvalue weighted by molar-refractivity contribution is 0.0139. The Balaban J connectivity index is 2.85. The number of aliphatic hydroxyl groups excluding tert-OH is 2. The number of carbonyl (C=O) groups excluding carboxylic acids is 1.